The maximum atomic E-state index is 6.25. The number of ether oxygens (including phenoxy) is 1. The van der Waals surface area contributed by atoms with Crippen molar-refractivity contribution in [1.82, 2.24) is 0 Å². The predicted octanol–water partition coefficient (Wildman–Crippen LogP) is 5.69. The van der Waals surface area contributed by atoms with E-state index in [2.05, 4.69) is 36.5 Å². The van der Waals surface area contributed by atoms with Crippen LogP contribution in [0.4, 0.5) is 5.69 Å². The van der Waals surface area contributed by atoms with E-state index in [1.54, 1.807) is 0 Å². The highest BCUT2D eigenvalue weighted by Gasteiger charge is 2.11. The molecule has 0 radical (unpaired) electrons. The molecule has 0 saturated carbocycles. The third-order valence-corrected chi connectivity index (χ3v) is 3.65. The van der Waals surface area contributed by atoms with Crippen molar-refractivity contribution in [2.24, 2.45) is 0 Å². The van der Waals surface area contributed by atoms with Crippen molar-refractivity contribution in [2.75, 3.05) is 11.9 Å². The molecule has 0 amide bonds. The Hall–Kier alpha value is -1.67. The van der Waals surface area contributed by atoms with Crippen LogP contribution < -0.4 is 10.1 Å². The van der Waals surface area contributed by atoms with Gasteiger partial charge in [0, 0.05) is 5.69 Å². The summed E-state index contributed by atoms with van der Waals surface area (Å²) in [4.78, 5) is 0. The molecule has 0 bridgehead atoms. The molecule has 2 aromatic carbocycles. The number of hydrogen-bond acceptors (Lipinski definition) is 2. The zero-order valence-electron chi connectivity index (χ0n) is 12.6. The molecule has 0 aliphatic heterocycles. The number of benzene rings is 2. The van der Waals surface area contributed by atoms with Crippen LogP contribution in [0.25, 0.3) is 0 Å². The van der Waals surface area contributed by atoms with Crippen LogP contribution in [0.1, 0.15) is 38.3 Å². The summed E-state index contributed by atoms with van der Waals surface area (Å²) in [6, 6.07) is 16.7. The first-order valence-corrected chi connectivity index (χ1v) is 7.86. The molecular formula is C18H22ClNO. The van der Waals surface area contributed by atoms with Gasteiger partial charge in [0.25, 0.3) is 0 Å². The van der Waals surface area contributed by atoms with E-state index in [1.807, 2.05) is 31.2 Å². The standard InChI is InChI=1S/C18H22ClNO/c1-3-8-17(14-9-6-5-7-10-14)20-15-11-12-18(21-4-2)16(19)13-15/h5-7,9-13,17,20H,3-4,8H2,1-2H3. The molecule has 0 fully saturated rings. The number of rotatable bonds is 7. The second kappa shape index (κ2) is 7.94. The number of hydrogen-bond donors (Lipinski definition) is 1. The molecular weight excluding hydrogens is 282 g/mol. The number of anilines is 1. The Labute approximate surface area is 132 Å². The lowest BCUT2D eigenvalue weighted by molar-refractivity contribution is 0.340. The molecule has 0 aromatic heterocycles. The molecule has 3 heteroatoms. The summed E-state index contributed by atoms with van der Waals surface area (Å²) in [5.41, 5.74) is 2.31. The lowest BCUT2D eigenvalue weighted by Crippen LogP contribution is -2.10. The molecule has 0 saturated heterocycles. The van der Waals surface area contributed by atoms with Gasteiger partial charge in [-0.2, -0.15) is 0 Å². The van der Waals surface area contributed by atoms with E-state index in [9.17, 15) is 0 Å². The van der Waals surface area contributed by atoms with E-state index in [4.69, 9.17) is 16.3 Å². The lowest BCUT2D eigenvalue weighted by Gasteiger charge is -2.20. The number of halogens is 1. The fourth-order valence-corrected chi connectivity index (χ4v) is 2.60. The van der Waals surface area contributed by atoms with Crippen LogP contribution in [0.5, 0.6) is 5.75 Å². The Bertz CT molecular complexity index is 556. The molecule has 1 atom stereocenters. The second-order valence-electron chi connectivity index (χ2n) is 4.97. The minimum absolute atomic E-state index is 0.296. The van der Waals surface area contributed by atoms with E-state index in [1.165, 1.54) is 5.56 Å². The second-order valence-corrected chi connectivity index (χ2v) is 5.38. The van der Waals surface area contributed by atoms with Crippen molar-refractivity contribution in [3.8, 4) is 5.75 Å². The van der Waals surface area contributed by atoms with Gasteiger partial charge in [0.05, 0.1) is 17.7 Å². The van der Waals surface area contributed by atoms with Gasteiger partial charge in [-0.25, -0.2) is 0 Å². The van der Waals surface area contributed by atoms with Crippen molar-refractivity contribution in [1.29, 1.82) is 0 Å². The monoisotopic (exact) mass is 303 g/mol. The summed E-state index contributed by atoms with van der Waals surface area (Å²) in [7, 11) is 0. The van der Waals surface area contributed by atoms with Crippen molar-refractivity contribution in [3.63, 3.8) is 0 Å². The van der Waals surface area contributed by atoms with Crippen molar-refractivity contribution < 1.29 is 4.74 Å². The minimum atomic E-state index is 0.296. The first-order valence-electron chi connectivity index (χ1n) is 7.48. The molecule has 0 aliphatic rings. The van der Waals surface area contributed by atoms with Gasteiger partial charge in [0.1, 0.15) is 5.75 Å². The molecule has 1 N–H and O–H groups in total. The molecule has 2 rings (SSSR count). The van der Waals surface area contributed by atoms with Crippen molar-refractivity contribution in [2.45, 2.75) is 32.7 Å². The number of nitrogens with one attached hydrogen (secondary N) is 1. The van der Waals surface area contributed by atoms with Gasteiger partial charge in [-0.05, 0) is 37.1 Å². The van der Waals surface area contributed by atoms with Crippen LogP contribution in [0, 0.1) is 0 Å². The Morgan fingerprint density at radius 1 is 1.10 bits per heavy atom. The van der Waals surface area contributed by atoms with Gasteiger partial charge in [-0.15, -0.1) is 0 Å². The first-order chi connectivity index (χ1) is 10.2. The van der Waals surface area contributed by atoms with Crippen LogP contribution in [-0.4, -0.2) is 6.61 Å². The smallest absolute Gasteiger partial charge is 0.138 e. The van der Waals surface area contributed by atoms with Crippen LogP contribution in [-0.2, 0) is 0 Å². The summed E-state index contributed by atoms with van der Waals surface area (Å²) in [6.07, 6.45) is 2.20. The largest absolute Gasteiger partial charge is 0.492 e. The average molecular weight is 304 g/mol. The van der Waals surface area contributed by atoms with Gasteiger partial charge >= 0.3 is 0 Å². The first kappa shape index (κ1) is 15.7. The molecule has 1 unspecified atom stereocenters. The SMILES string of the molecule is CCCC(Nc1ccc(OCC)c(Cl)c1)c1ccccc1. The maximum Gasteiger partial charge on any atom is 0.138 e. The molecule has 0 heterocycles. The summed E-state index contributed by atoms with van der Waals surface area (Å²) in [5.74, 6) is 0.733. The summed E-state index contributed by atoms with van der Waals surface area (Å²) in [5, 5.41) is 4.21. The molecule has 0 spiro atoms. The van der Waals surface area contributed by atoms with Gasteiger partial charge in [-0.1, -0.05) is 55.3 Å². The molecule has 0 aliphatic carbocycles. The molecule has 21 heavy (non-hydrogen) atoms. The van der Waals surface area contributed by atoms with E-state index in [0.29, 0.717) is 17.7 Å². The lowest BCUT2D eigenvalue weighted by atomic mass is 10.0. The van der Waals surface area contributed by atoms with Crippen molar-refractivity contribution in [3.05, 3.63) is 59.1 Å². The molecule has 2 aromatic rings. The normalized spacial score (nSPS) is 12.0. The third kappa shape index (κ3) is 4.40. The van der Waals surface area contributed by atoms with Gasteiger partial charge in [0.15, 0.2) is 0 Å². The zero-order valence-corrected chi connectivity index (χ0v) is 13.4. The summed E-state index contributed by atoms with van der Waals surface area (Å²) in [6.45, 7) is 4.77. The fraction of sp³-hybridized carbons (Fsp3) is 0.333. The highest BCUT2D eigenvalue weighted by atomic mass is 35.5. The summed E-state index contributed by atoms with van der Waals surface area (Å²) < 4.78 is 5.47. The Morgan fingerprint density at radius 2 is 1.86 bits per heavy atom. The maximum absolute atomic E-state index is 6.25. The van der Waals surface area contributed by atoms with E-state index >= 15 is 0 Å². The Balaban J connectivity index is 2.15. The summed E-state index contributed by atoms with van der Waals surface area (Å²) >= 11 is 6.25. The highest BCUT2D eigenvalue weighted by molar-refractivity contribution is 6.32. The van der Waals surface area contributed by atoms with E-state index in [-0.39, 0.29) is 0 Å². The minimum Gasteiger partial charge on any atom is -0.492 e. The third-order valence-electron chi connectivity index (χ3n) is 3.35. The fourth-order valence-electron chi connectivity index (χ4n) is 2.36. The topological polar surface area (TPSA) is 21.3 Å². The zero-order chi connectivity index (χ0) is 15.1. The predicted molar refractivity (Wildman–Crippen MR) is 90.3 cm³/mol. The quantitative estimate of drug-likeness (QED) is 0.709. The van der Waals surface area contributed by atoms with Gasteiger partial charge < -0.3 is 10.1 Å². The molecule has 112 valence electrons. The van der Waals surface area contributed by atoms with Crippen LogP contribution in [0.3, 0.4) is 0 Å². The Morgan fingerprint density at radius 3 is 2.48 bits per heavy atom. The highest BCUT2D eigenvalue weighted by Crippen LogP contribution is 2.30. The molecule has 2 nitrogen and oxygen atoms in total. The average Bonchev–Trinajstić information content (AvgIpc) is 2.50. The van der Waals surface area contributed by atoms with Crippen LogP contribution in [0.15, 0.2) is 48.5 Å². The van der Waals surface area contributed by atoms with Gasteiger partial charge in [0.2, 0.25) is 0 Å². The van der Waals surface area contributed by atoms with Crippen LogP contribution in [0.2, 0.25) is 5.02 Å². The van der Waals surface area contributed by atoms with Crippen LogP contribution >= 0.6 is 11.6 Å². The van der Waals surface area contributed by atoms with Gasteiger partial charge in [-0.3, -0.25) is 0 Å². The van der Waals surface area contributed by atoms with Crippen molar-refractivity contribution >= 4 is 17.3 Å². The van der Waals surface area contributed by atoms with E-state index in [0.717, 1.165) is 24.3 Å². The van der Waals surface area contributed by atoms with E-state index < -0.39 is 0 Å². The Kier molecular flexibility index (Phi) is 5.94.